The SMILES string of the molecule is CCC[Si](CCC)OC(=O)N=NC(=O)Oc1cccc(C)c1. The molecule has 0 heterocycles. The van der Waals surface area contributed by atoms with Gasteiger partial charge in [0.2, 0.25) is 0 Å². The molecule has 119 valence electrons. The molecule has 0 saturated carbocycles. The smallest absolute Gasteiger partial charge is 0.458 e. The van der Waals surface area contributed by atoms with E-state index in [-0.39, 0.29) is 0 Å². The van der Waals surface area contributed by atoms with Crippen LogP contribution in [0.2, 0.25) is 12.1 Å². The molecule has 0 saturated heterocycles. The Labute approximate surface area is 132 Å². The maximum Gasteiger partial charge on any atom is 0.458 e. The van der Waals surface area contributed by atoms with Gasteiger partial charge in [-0.2, -0.15) is 0 Å². The van der Waals surface area contributed by atoms with E-state index in [0.29, 0.717) is 5.75 Å². The zero-order valence-electron chi connectivity index (χ0n) is 13.2. The monoisotopic (exact) mass is 321 g/mol. The van der Waals surface area contributed by atoms with E-state index in [2.05, 4.69) is 10.2 Å². The number of amides is 2. The summed E-state index contributed by atoms with van der Waals surface area (Å²) in [7, 11) is -1.21. The predicted octanol–water partition coefficient (Wildman–Crippen LogP) is 4.89. The van der Waals surface area contributed by atoms with Crippen LogP contribution in [0.4, 0.5) is 9.59 Å². The number of hydrogen-bond acceptors (Lipinski definition) is 4. The van der Waals surface area contributed by atoms with Gasteiger partial charge in [0.05, 0.1) is 0 Å². The first-order chi connectivity index (χ1) is 10.5. The molecule has 0 aliphatic carbocycles. The summed E-state index contributed by atoms with van der Waals surface area (Å²) in [4.78, 5) is 23.0. The van der Waals surface area contributed by atoms with Crippen molar-refractivity contribution in [2.24, 2.45) is 10.2 Å². The second-order valence-electron chi connectivity index (χ2n) is 4.79. The zero-order valence-corrected chi connectivity index (χ0v) is 14.2. The van der Waals surface area contributed by atoms with Crippen LogP contribution < -0.4 is 4.74 Å². The number of benzene rings is 1. The van der Waals surface area contributed by atoms with E-state index < -0.39 is 21.2 Å². The van der Waals surface area contributed by atoms with Gasteiger partial charge >= 0.3 is 12.2 Å². The van der Waals surface area contributed by atoms with Crippen molar-refractivity contribution in [1.29, 1.82) is 0 Å². The minimum Gasteiger partial charge on any atom is -0.499 e. The second kappa shape index (κ2) is 9.83. The largest absolute Gasteiger partial charge is 0.499 e. The summed E-state index contributed by atoms with van der Waals surface area (Å²) in [5.74, 6) is 0.360. The number of nitrogens with zero attached hydrogens (tertiary/aromatic N) is 2. The first-order valence-corrected chi connectivity index (χ1v) is 9.14. The van der Waals surface area contributed by atoms with Gasteiger partial charge in [0, 0.05) is 0 Å². The molecule has 1 radical (unpaired) electrons. The van der Waals surface area contributed by atoms with E-state index in [9.17, 15) is 9.59 Å². The molecule has 0 fully saturated rings. The molecule has 7 heteroatoms. The first-order valence-electron chi connectivity index (χ1n) is 7.31. The summed E-state index contributed by atoms with van der Waals surface area (Å²) in [6.45, 7) is 5.95. The quantitative estimate of drug-likeness (QED) is 0.552. The normalized spacial score (nSPS) is 10.9. The zero-order chi connectivity index (χ0) is 16.4. The predicted molar refractivity (Wildman–Crippen MR) is 84.5 cm³/mol. The molecular formula is C15H21N2O4Si. The van der Waals surface area contributed by atoms with Crippen molar-refractivity contribution in [2.75, 3.05) is 0 Å². The lowest BCUT2D eigenvalue weighted by molar-refractivity contribution is 0.200. The number of ether oxygens (including phenoxy) is 1. The van der Waals surface area contributed by atoms with Gasteiger partial charge in [0.25, 0.3) is 9.04 Å². The Balaban J connectivity index is 2.48. The summed E-state index contributed by atoms with van der Waals surface area (Å²) in [6.07, 6.45) is 0.140. The molecule has 0 aromatic heterocycles. The third kappa shape index (κ3) is 7.12. The van der Waals surface area contributed by atoms with Gasteiger partial charge < -0.3 is 9.16 Å². The molecule has 0 aliphatic heterocycles. The maximum atomic E-state index is 11.5. The summed E-state index contributed by atoms with van der Waals surface area (Å²) < 4.78 is 10.2. The standard InChI is InChI=1S/C15H21N2O4Si/c1-4-9-22(10-5-2)21-15(19)17-16-14(18)20-13-8-6-7-12(3)11-13/h6-8,11H,4-5,9-10H2,1-3H3. The lowest BCUT2D eigenvalue weighted by atomic mass is 10.2. The molecule has 1 aromatic rings. The topological polar surface area (TPSA) is 77.3 Å². The van der Waals surface area contributed by atoms with Gasteiger partial charge in [-0.1, -0.05) is 49.1 Å². The van der Waals surface area contributed by atoms with Crippen LogP contribution in [0.3, 0.4) is 0 Å². The molecule has 0 atom stereocenters. The van der Waals surface area contributed by atoms with E-state index in [1.807, 2.05) is 26.8 Å². The van der Waals surface area contributed by atoms with Gasteiger partial charge in [-0.25, -0.2) is 9.59 Å². The third-order valence-corrected chi connectivity index (χ3v) is 5.28. The molecule has 1 aromatic carbocycles. The minimum absolute atomic E-state index is 0.360. The van der Waals surface area contributed by atoms with Crippen LogP contribution in [0, 0.1) is 6.92 Å². The van der Waals surface area contributed by atoms with Crippen molar-refractivity contribution in [2.45, 2.75) is 45.7 Å². The highest BCUT2D eigenvalue weighted by Crippen LogP contribution is 2.13. The molecule has 1 rings (SSSR count). The summed E-state index contributed by atoms with van der Waals surface area (Å²) in [5, 5.41) is 6.49. The molecule has 2 amide bonds. The first kappa shape index (κ1) is 18.0. The number of aryl methyl sites for hydroxylation is 1. The van der Waals surface area contributed by atoms with Crippen LogP contribution in [0.1, 0.15) is 32.3 Å². The minimum atomic E-state index is -1.21. The Morgan fingerprint density at radius 3 is 2.32 bits per heavy atom. The highest BCUT2D eigenvalue weighted by Gasteiger charge is 2.16. The van der Waals surface area contributed by atoms with Crippen LogP contribution >= 0.6 is 0 Å². The molecule has 0 spiro atoms. The Hall–Kier alpha value is -2.02. The van der Waals surface area contributed by atoms with E-state index >= 15 is 0 Å². The fraction of sp³-hybridized carbons (Fsp3) is 0.467. The van der Waals surface area contributed by atoms with Gasteiger partial charge in [0.15, 0.2) is 0 Å². The lowest BCUT2D eigenvalue weighted by Crippen LogP contribution is -2.20. The van der Waals surface area contributed by atoms with Crippen LogP contribution in [0.15, 0.2) is 34.5 Å². The summed E-state index contributed by atoms with van der Waals surface area (Å²) in [5.41, 5.74) is 0.952. The average Bonchev–Trinajstić information content (AvgIpc) is 2.46. The van der Waals surface area contributed by atoms with Crippen LogP contribution in [0.5, 0.6) is 5.75 Å². The van der Waals surface area contributed by atoms with E-state index in [1.54, 1.807) is 18.2 Å². The van der Waals surface area contributed by atoms with Gasteiger partial charge in [0.1, 0.15) is 5.75 Å². The highest BCUT2D eigenvalue weighted by molar-refractivity contribution is 6.53. The summed E-state index contributed by atoms with van der Waals surface area (Å²) in [6, 6.07) is 8.69. The Bertz CT molecular complexity index is 528. The molecule has 6 nitrogen and oxygen atoms in total. The average molecular weight is 321 g/mol. The van der Waals surface area contributed by atoms with Crippen LogP contribution in [0.25, 0.3) is 0 Å². The van der Waals surface area contributed by atoms with Gasteiger partial charge in [-0.3, -0.25) is 0 Å². The van der Waals surface area contributed by atoms with E-state index in [0.717, 1.165) is 30.5 Å². The Kier molecular flexibility index (Phi) is 8.06. The number of azo groups is 1. The fourth-order valence-corrected chi connectivity index (χ4v) is 3.67. The van der Waals surface area contributed by atoms with Crippen LogP contribution in [-0.4, -0.2) is 21.2 Å². The van der Waals surface area contributed by atoms with Crippen LogP contribution in [-0.2, 0) is 4.43 Å². The number of rotatable bonds is 6. The van der Waals surface area contributed by atoms with Crippen molar-refractivity contribution in [3.8, 4) is 5.75 Å². The second-order valence-corrected chi connectivity index (χ2v) is 7.07. The van der Waals surface area contributed by atoms with Crippen molar-refractivity contribution < 1.29 is 18.8 Å². The van der Waals surface area contributed by atoms with E-state index in [4.69, 9.17) is 9.16 Å². The van der Waals surface area contributed by atoms with Gasteiger partial charge in [-0.05, 0) is 36.7 Å². The molecule has 0 aliphatic rings. The number of carbonyl (C=O) groups is 2. The van der Waals surface area contributed by atoms with Crippen molar-refractivity contribution in [3.05, 3.63) is 29.8 Å². The van der Waals surface area contributed by atoms with Crippen molar-refractivity contribution in [3.63, 3.8) is 0 Å². The Morgan fingerprint density at radius 2 is 1.73 bits per heavy atom. The molecule has 0 bridgehead atoms. The molecule has 22 heavy (non-hydrogen) atoms. The lowest BCUT2D eigenvalue weighted by Gasteiger charge is -2.10. The van der Waals surface area contributed by atoms with Crippen molar-refractivity contribution >= 4 is 21.2 Å². The highest BCUT2D eigenvalue weighted by atomic mass is 28.3. The van der Waals surface area contributed by atoms with E-state index in [1.165, 1.54) is 0 Å². The van der Waals surface area contributed by atoms with Crippen molar-refractivity contribution in [1.82, 2.24) is 0 Å². The molecule has 0 unspecified atom stereocenters. The Morgan fingerprint density at radius 1 is 1.09 bits per heavy atom. The fourth-order valence-electron chi connectivity index (χ4n) is 1.81. The molecule has 0 N–H and O–H groups in total. The third-order valence-electron chi connectivity index (χ3n) is 2.70. The van der Waals surface area contributed by atoms with Gasteiger partial charge in [-0.15, -0.1) is 0 Å². The molecular weight excluding hydrogens is 300 g/mol. The summed E-state index contributed by atoms with van der Waals surface area (Å²) >= 11 is 0. The number of hydrogen-bond donors (Lipinski definition) is 0. The number of carbonyl (C=O) groups excluding carboxylic acids is 2. The maximum absolute atomic E-state index is 11.5.